The molecule has 3 fully saturated rings. The first kappa shape index (κ1) is 64.8. The third kappa shape index (κ3) is 22.1. The molecule has 0 unspecified atom stereocenters. The fourth-order valence-electron chi connectivity index (χ4n) is 7.53. The number of aromatic nitrogens is 5. The summed E-state index contributed by atoms with van der Waals surface area (Å²) in [6, 6.07) is 19.5. The largest absolute Gasteiger partial charge is 0.395 e. The van der Waals surface area contributed by atoms with Gasteiger partial charge in [-0.1, -0.05) is 33.7 Å². The van der Waals surface area contributed by atoms with Gasteiger partial charge in [0.15, 0.2) is 11.6 Å². The number of oxime groups is 3. The number of Topliss-reactive ketones (excluding diaryl/α,β-unsaturated/α-hetero) is 2. The molecule has 6 N–H and O–H groups in total. The van der Waals surface area contributed by atoms with Crippen molar-refractivity contribution in [1.82, 2.24) is 24.9 Å². The van der Waals surface area contributed by atoms with Crippen molar-refractivity contribution >= 4 is 28.7 Å². The zero-order valence-corrected chi connectivity index (χ0v) is 49.3. The van der Waals surface area contributed by atoms with Crippen LogP contribution >= 0.6 is 0 Å². The molecule has 0 spiro atoms. The summed E-state index contributed by atoms with van der Waals surface area (Å²) in [6.07, 6.45) is 6.50. The molecule has 19 heteroatoms. The lowest BCUT2D eigenvalue weighted by molar-refractivity contribution is 0.0268. The van der Waals surface area contributed by atoms with Gasteiger partial charge in [-0.25, -0.2) is 22.7 Å². The van der Waals surface area contributed by atoms with Gasteiger partial charge >= 0.3 is 0 Å². The number of nitrogens with zero attached hydrogens (tertiary/aromatic N) is 8. The van der Waals surface area contributed by atoms with Crippen molar-refractivity contribution in [2.75, 3.05) is 39.6 Å². The third-order valence-electron chi connectivity index (χ3n) is 13.8. The Labute approximate surface area is 467 Å². The van der Waals surface area contributed by atoms with Gasteiger partial charge < -0.3 is 29.0 Å². The van der Waals surface area contributed by atoms with Crippen LogP contribution in [0.2, 0.25) is 0 Å². The van der Waals surface area contributed by atoms with Crippen molar-refractivity contribution in [2.24, 2.45) is 49.4 Å². The smallest absolute Gasteiger partial charge is 0.178 e. The van der Waals surface area contributed by atoms with E-state index in [-0.39, 0.29) is 27.8 Å². The van der Waals surface area contributed by atoms with Crippen molar-refractivity contribution in [3.05, 3.63) is 145 Å². The highest BCUT2D eigenvalue weighted by Gasteiger charge is 2.46. The summed E-state index contributed by atoms with van der Waals surface area (Å²) in [7, 11) is 0. The van der Waals surface area contributed by atoms with Gasteiger partial charge in [-0.2, -0.15) is 0 Å². The Balaban J connectivity index is 0.000000230. The van der Waals surface area contributed by atoms with Crippen LogP contribution in [0, 0.1) is 85.5 Å². The Kier molecular flexibility index (Phi) is 25.1. The number of carbonyl (C=O) groups excluding carboxylic acids is 2. The molecule has 5 aromatic heterocycles. The third-order valence-corrected chi connectivity index (χ3v) is 13.8. The predicted octanol–water partition coefficient (Wildman–Crippen LogP) is 10.1. The van der Waals surface area contributed by atoms with Gasteiger partial charge in [0.2, 0.25) is 0 Å². The maximum Gasteiger partial charge on any atom is 0.178 e. The molecular formula is C60H85N11O8. The van der Waals surface area contributed by atoms with Crippen molar-refractivity contribution in [2.45, 2.75) is 142 Å². The molecule has 5 aromatic rings. The summed E-state index contributed by atoms with van der Waals surface area (Å²) in [6.45, 7) is 31.9. The van der Waals surface area contributed by atoms with Crippen LogP contribution < -0.4 is 17.7 Å². The Morgan fingerprint density at radius 2 is 0.696 bits per heavy atom. The Hall–Kier alpha value is -6.74. The van der Waals surface area contributed by atoms with E-state index in [0.717, 1.165) is 112 Å². The summed E-state index contributed by atoms with van der Waals surface area (Å²) >= 11 is 0. The molecule has 0 amide bonds. The molecule has 0 atom stereocenters. The maximum absolute atomic E-state index is 10.9. The van der Waals surface area contributed by atoms with Gasteiger partial charge in [0.1, 0.15) is 48.3 Å². The molecule has 0 radical (unpaired) electrons. The first-order chi connectivity index (χ1) is 37.4. The summed E-state index contributed by atoms with van der Waals surface area (Å²) in [5.74, 6) is 14.9. The van der Waals surface area contributed by atoms with Gasteiger partial charge in [0.05, 0.1) is 36.9 Å². The number of hydrogen-bond donors (Lipinski definition) is 3. The summed E-state index contributed by atoms with van der Waals surface area (Å²) < 4.78 is 0. The Bertz CT molecular complexity index is 2880. The van der Waals surface area contributed by atoms with Crippen LogP contribution in [0.3, 0.4) is 0 Å². The molecule has 0 saturated heterocycles. The van der Waals surface area contributed by atoms with Crippen LogP contribution in [-0.4, -0.2) is 93.3 Å². The minimum absolute atomic E-state index is 0.000130. The van der Waals surface area contributed by atoms with Gasteiger partial charge in [0, 0.05) is 58.6 Å². The normalized spacial score (nSPS) is 15.2. The number of aryl methyl sites for hydroxylation is 10. The van der Waals surface area contributed by atoms with E-state index in [4.69, 9.17) is 37.0 Å². The molecule has 3 aliphatic rings. The zero-order valence-electron chi connectivity index (χ0n) is 49.3. The lowest BCUT2D eigenvalue weighted by atomic mass is 10.1. The SMILES string of the molecule is C/C(=N\OCC1(CO/N=C(\C)c2ccc(C)c(C)n2)CC1)c1cc(C)cc(C)n1.C/C(=N\OCC1(CON)CC1)c1ccc(C)c(C)n1.CC(=O)c1cc(C)cc(C)n1.CC(=O)c1ccc(C)c(C)n1.NOCC1(CON)CC1. The van der Waals surface area contributed by atoms with Crippen molar-refractivity contribution in [3.8, 4) is 0 Å². The average molecular weight is 1090 g/mol. The molecule has 19 nitrogen and oxygen atoms in total. The number of pyridine rings is 5. The Morgan fingerprint density at radius 3 is 1.01 bits per heavy atom. The molecule has 8 rings (SSSR count). The number of nitrogens with two attached hydrogens (primary N) is 3. The molecule has 0 aliphatic heterocycles. The Morgan fingerprint density at radius 1 is 0.405 bits per heavy atom. The van der Waals surface area contributed by atoms with Crippen LogP contribution in [0.15, 0.2) is 76.1 Å². The van der Waals surface area contributed by atoms with Crippen LogP contribution in [0.1, 0.15) is 167 Å². The molecule has 79 heavy (non-hydrogen) atoms. The van der Waals surface area contributed by atoms with Gasteiger partial charge in [-0.3, -0.25) is 29.5 Å². The minimum atomic E-state index is 0.000130. The highest BCUT2D eigenvalue weighted by Crippen LogP contribution is 2.47. The van der Waals surface area contributed by atoms with Gasteiger partial charge in [-0.05, 0) is 199 Å². The second-order valence-electron chi connectivity index (χ2n) is 21.5. The predicted molar refractivity (Wildman–Crippen MR) is 308 cm³/mol. The van der Waals surface area contributed by atoms with E-state index >= 15 is 0 Å². The molecule has 3 aliphatic carbocycles. The molecule has 428 valence electrons. The van der Waals surface area contributed by atoms with E-state index in [2.05, 4.69) is 63.1 Å². The number of rotatable bonds is 20. The minimum Gasteiger partial charge on any atom is -0.395 e. The first-order valence-corrected chi connectivity index (χ1v) is 26.6. The van der Waals surface area contributed by atoms with E-state index in [9.17, 15) is 9.59 Å². The van der Waals surface area contributed by atoms with Crippen molar-refractivity contribution < 1.29 is 38.6 Å². The summed E-state index contributed by atoms with van der Waals surface area (Å²) in [5, 5.41) is 12.6. The van der Waals surface area contributed by atoms with E-state index in [1.54, 1.807) is 12.1 Å². The van der Waals surface area contributed by atoms with Crippen LogP contribution in [0.5, 0.6) is 0 Å². The standard InChI is InChI=1S/C23H30N4O2.C14H21N3O2.2C9H11NO.C5H12N2O2/c1-15-11-17(3)24-22(12-15)20(6)27-29-14-23(9-10-23)13-28-26-19(5)21-8-7-16(2)18(4)25-21;1-10-4-5-13(16-11(10)2)12(3)17-19-9-14(6-7-14)8-18-15;1-6-4-7(2)10-9(5-6)8(3)11;1-6-4-5-9(8(3)11)10-7(6)2;6-8-3-5(1-2-5)4-9-7/h7-8,11-12H,9-10,13-14H2,1-6H3;4-5H,6-9,15H2,1-3H3;2*4-5H,1-3H3;1-4,6-7H2/b26-19+,27-20+;17-12+;;;. The van der Waals surface area contributed by atoms with E-state index in [1.807, 2.05) is 126 Å². The van der Waals surface area contributed by atoms with E-state index in [0.29, 0.717) is 51.0 Å². The molecule has 0 aromatic carbocycles. The molecule has 0 bridgehead atoms. The van der Waals surface area contributed by atoms with Crippen LogP contribution in [0.25, 0.3) is 0 Å². The fourth-order valence-corrected chi connectivity index (χ4v) is 7.53. The molecule has 5 heterocycles. The summed E-state index contributed by atoms with van der Waals surface area (Å²) in [4.78, 5) is 73.8. The van der Waals surface area contributed by atoms with Crippen LogP contribution in [-0.2, 0) is 29.0 Å². The molecule has 3 saturated carbocycles. The number of ketones is 2. The van der Waals surface area contributed by atoms with Crippen molar-refractivity contribution in [1.29, 1.82) is 0 Å². The van der Waals surface area contributed by atoms with E-state index < -0.39 is 0 Å². The fraction of sp³-hybridized carbons (Fsp3) is 0.500. The number of carbonyl (C=O) groups is 2. The zero-order chi connectivity index (χ0) is 58.5. The summed E-state index contributed by atoms with van der Waals surface area (Å²) in [5.41, 5.74) is 16.8. The molecular weight excluding hydrogens is 1000 g/mol. The highest BCUT2D eigenvalue weighted by atomic mass is 16.6. The first-order valence-electron chi connectivity index (χ1n) is 26.6. The maximum atomic E-state index is 10.9. The highest BCUT2D eigenvalue weighted by molar-refractivity contribution is 5.97. The topological polar surface area (TPSA) is 269 Å². The van der Waals surface area contributed by atoms with Crippen LogP contribution in [0.4, 0.5) is 0 Å². The number of hydrogen-bond acceptors (Lipinski definition) is 19. The lowest BCUT2D eigenvalue weighted by Crippen LogP contribution is -2.21. The average Bonchev–Trinajstić information content (AvgIpc) is 4.34. The van der Waals surface area contributed by atoms with E-state index in [1.165, 1.54) is 30.5 Å². The van der Waals surface area contributed by atoms with Gasteiger partial charge in [0.25, 0.3) is 0 Å². The second-order valence-corrected chi connectivity index (χ2v) is 21.5. The van der Waals surface area contributed by atoms with Gasteiger partial charge in [-0.15, -0.1) is 0 Å². The lowest BCUT2D eigenvalue weighted by Gasteiger charge is -2.13. The van der Waals surface area contributed by atoms with Crippen molar-refractivity contribution in [3.63, 3.8) is 0 Å². The second kappa shape index (κ2) is 30.6. The monoisotopic (exact) mass is 1090 g/mol. The quantitative estimate of drug-likeness (QED) is 0.0371.